The van der Waals surface area contributed by atoms with Gasteiger partial charge in [0, 0.05) is 5.57 Å². The summed E-state index contributed by atoms with van der Waals surface area (Å²) < 4.78 is 5.59. The minimum absolute atomic E-state index is 0.487. The molecule has 2 N–H and O–H groups in total. The van der Waals surface area contributed by atoms with Crippen LogP contribution in [0, 0.1) is 5.92 Å². The smallest absolute Gasteiger partial charge is 0.130 e. The fraction of sp³-hybridized carbons (Fsp3) is 0.625. The summed E-state index contributed by atoms with van der Waals surface area (Å²) in [5.41, 5.74) is 1.82. The number of hydrogen-bond acceptors (Lipinski definition) is 3. The highest BCUT2D eigenvalue weighted by Gasteiger charge is 2.29. The lowest BCUT2D eigenvalue weighted by Crippen LogP contribution is -2.25. The van der Waals surface area contributed by atoms with E-state index >= 15 is 0 Å². The lowest BCUT2D eigenvalue weighted by atomic mass is 9.81. The zero-order valence-corrected chi connectivity index (χ0v) is 11.2. The van der Waals surface area contributed by atoms with Crippen molar-refractivity contribution in [1.29, 1.82) is 0 Å². The highest BCUT2D eigenvalue weighted by molar-refractivity contribution is 5.42. The molecule has 3 rings (SSSR count). The van der Waals surface area contributed by atoms with Gasteiger partial charge in [-0.15, -0.1) is 0 Å². The second-order valence-corrected chi connectivity index (χ2v) is 5.91. The van der Waals surface area contributed by atoms with Crippen molar-refractivity contribution in [1.82, 2.24) is 0 Å². The standard InChI is InChI=1S/C16H22O3/c17-13-6-7-14-15(9-13)19-10-12(16(14)18)8-11-4-2-1-3-5-11/h7,9-11,13,16-18H,1-6,8H2. The van der Waals surface area contributed by atoms with Gasteiger partial charge < -0.3 is 14.9 Å². The molecule has 3 aliphatic rings. The first-order valence-corrected chi connectivity index (χ1v) is 7.38. The van der Waals surface area contributed by atoms with Crippen LogP contribution in [0.25, 0.3) is 0 Å². The third kappa shape index (κ3) is 2.77. The molecule has 0 saturated heterocycles. The van der Waals surface area contributed by atoms with Crippen LogP contribution in [0.15, 0.2) is 35.3 Å². The molecule has 104 valence electrons. The fourth-order valence-electron chi connectivity index (χ4n) is 3.33. The Bertz CT molecular complexity index is 427. The maximum absolute atomic E-state index is 10.4. The maximum Gasteiger partial charge on any atom is 0.130 e. The summed E-state index contributed by atoms with van der Waals surface area (Å²) in [5.74, 6) is 1.32. The third-order valence-electron chi connectivity index (χ3n) is 4.44. The SMILES string of the molecule is OC1C=C2OC=C(CC3CCCCC3)C(O)C2=CC1. The summed E-state index contributed by atoms with van der Waals surface area (Å²) in [5, 5.41) is 20.0. The molecule has 2 atom stereocenters. The van der Waals surface area contributed by atoms with Crippen molar-refractivity contribution in [2.45, 2.75) is 57.2 Å². The number of aliphatic hydroxyl groups excluding tert-OH is 2. The van der Waals surface area contributed by atoms with E-state index in [0.29, 0.717) is 18.1 Å². The van der Waals surface area contributed by atoms with Crippen LogP contribution in [0.4, 0.5) is 0 Å². The Morgan fingerprint density at radius 3 is 2.74 bits per heavy atom. The Balaban J connectivity index is 1.71. The van der Waals surface area contributed by atoms with Crippen molar-refractivity contribution < 1.29 is 14.9 Å². The highest BCUT2D eigenvalue weighted by atomic mass is 16.5. The minimum Gasteiger partial charge on any atom is -0.465 e. The van der Waals surface area contributed by atoms with Gasteiger partial charge in [-0.3, -0.25) is 0 Å². The van der Waals surface area contributed by atoms with Crippen LogP contribution in [-0.4, -0.2) is 22.4 Å². The van der Waals surface area contributed by atoms with E-state index in [1.807, 2.05) is 6.08 Å². The largest absolute Gasteiger partial charge is 0.465 e. The predicted octanol–water partition coefficient (Wildman–Crippen LogP) is 2.81. The summed E-state index contributed by atoms with van der Waals surface area (Å²) in [6.07, 6.45) is 12.3. The number of aliphatic hydroxyl groups is 2. The molecule has 1 aliphatic heterocycles. The van der Waals surface area contributed by atoms with Gasteiger partial charge in [-0.1, -0.05) is 38.2 Å². The summed E-state index contributed by atoms with van der Waals surface area (Å²) >= 11 is 0. The fourth-order valence-corrected chi connectivity index (χ4v) is 3.33. The molecule has 0 aromatic carbocycles. The molecule has 1 heterocycles. The van der Waals surface area contributed by atoms with Crippen LogP contribution >= 0.6 is 0 Å². The van der Waals surface area contributed by atoms with Crippen molar-refractivity contribution >= 4 is 0 Å². The Hall–Kier alpha value is -1.06. The quantitative estimate of drug-likeness (QED) is 0.804. The van der Waals surface area contributed by atoms with Crippen LogP contribution in [0.5, 0.6) is 0 Å². The number of ether oxygens (including phenoxy) is 1. The molecule has 1 saturated carbocycles. The maximum atomic E-state index is 10.4. The second kappa shape index (κ2) is 5.51. The Labute approximate surface area is 114 Å². The van der Waals surface area contributed by atoms with Crippen molar-refractivity contribution in [3.8, 4) is 0 Å². The Morgan fingerprint density at radius 2 is 1.95 bits per heavy atom. The molecule has 0 amide bonds. The van der Waals surface area contributed by atoms with E-state index in [2.05, 4.69) is 0 Å². The van der Waals surface area contributed by atoms with E-state index in [-0.39, 0.29) is 0 Å². The molecular formula is C16H22O3. The second-order valence-electron chi connectivity index (χ2n) is 5.91. The minimum atomic E-state index is -0.547. The van der Waals surface area contributed by atoms with E-state index in [0.717, 1.165) is 17.6 Å². The first-order chi connectivity index (χ1) is 9.24. The third-order valence-corrected chi connectivity index (χ3v) is 4.44. The van der Waals surface area contributed by atoms with Gasteiger partial charge in [-0.2, -0.15) is 0 Å². The molecule has 3 nitrogen and oxygen atoms in total. The van der Waals surface area contributed by atoms with Crippen LogP contribution in [0.2, 0.25) is 0 Å². The van der Waals surface area contributed by atoms with Gasteiger partial charge in [0.05, 0.1) is 12.4 Å². The van der Waals surface area contributed by atoms with Gasteiger partial charge in [0.15, 0.2) is 0 Å². The van der Waals surface area contributed by atoms with Gasteiger partial charge in [0.2, 0.25) is 0 Å². The molecule has 3 heteroatoms. The molecule has 19 heavy (non-hydrogen) atoms. The van der Waals surface area contributed by atoms with Crippen LogP contribution < -0.4 is 0 Å². The molecule has 2 aliphatic carbocycles. The number of fused-ring (bicyclic) bond motifs is 1. The molecule has 0 spiro atoms. The van der Waals surface area contributed by atoms with E-state index in [9.17, 15) is 10.2 Å². The zero-order chi connectivity index (χ0) is 13.2. The summed E-state index contributed by atoms with van der Waals surface area (Å²) in [6.45, 7) is 0. The van der Waals surface area contributed by atoms with Crippen molar-refractivity contribution in [3.05, 3.63) is 35.3 Å². The van der Waals surface area contributed by atoms with Gasteiger partial charge >= 0.3 is 0 Å². The lowest BCUT2D eigenvalue weighted by molar-refractivity contribution is 0.176. The monoisotopic (exact) mass is 262 g/mol. The molecule has 0 aromatic heterocycles. The van der Waals surface area contributed by atoms with Gasteiger partial charge in [-0.05, 0) is 30.4 Å². The van der Waals surface area contributed by atoms with Crippen LogP contribution in [-0.2, 0) is 4.74 Å². The van der Waals surface area contributed by atoms with Crippen molar-refractivity contribution in [2.24, 2.45) is 5.92 Å². The van der Waals surface area contributed by atoms with E-state index in [1.54, 1.807) is 12.3 Å². The van der Waals surface area contributed by atoms with Gasteiger partial charge in [0.25, 0.3) is 0 Å². The normalized spacial score (nSPS) is 31.8. The molecule has 2 unspecified atom stereocenters. The van der Waals surface area contributed by atoms with Gasteiger partial charge in [-0.25, -0.2) is 0 Å². The summed E-state index contributed by atoms with van der Waals surface area (Å²) in [4.78, 5) is 0. The zero-order valence-electron chi connectivity index (χ0n) is 11.2. The average molecular weight is 262 g/mol. The average Bonchev–Trinajstić information content (AvgIpc) is 2.43. The van der Waals surface area contributed by atoms with Crippen molar-refractivity contribution in [2.75, 3.05) is 0 Å². The predicted molar refractivity (Wildman–Crippen MR) is 73.2 cm³/mol. The van der Waals surface area contributed by atoms with E-state index in [4.69, 9.17) is 4.74 Å². The number of rotatable bonds is 2. The topological polar surface area (TPSA) is 49.7 Å². The highest BCUT2D eigenvalue weighted by Crippen LogP contribution is 2.36. The molecule has 0 radical (unpaired) electrons. The summed E-state index contributed by atoms with van der Waals surface area (Å²) in [6, 6.07) is 0. The molecule has 0 aromatic rings. The first-order valence-electron chi connectivity index (χ1n) is 7.38. The molecule has 0 bridgehead atoms. The van der Waals surface area contributed by atoms with Gasteiger partial charge in [0.1, 0.15) is 11.9 Å². The van der Waals surface area contributed by atoms with E-state index < -0.39 is 12.2 Å². The molecule has 1 fully saturated rings. The van der Waals surface area contributed by atoms with Crippen molar-refractivity contribution in [3.63, 3.8) is 0 Å². The first kappa shape index (κ1) is 12.9. The van der Waals surface area contributed by atoms with Crippen LogP contribution in [0.3, 0.4) is 0 Å². The van der Waals surface area contributed by atoms with E-state index in [1.165, 1.54) is 32.1 Å². The number of hydrogen-bond donors (Lipinski definition) is 2. The lowest BCUT2D eigenvalue weighted by Gasteiger charge is -2.31. The molecular weight excluding hydrogens is 240 g/mol. The van der Waals surface area contributed by atoms with Crippen LogP contribution in [0.1, 0.15) is 44.9 Å². The Kier molecular flexibility index (Phi) is 3.76. The Morgan fingerprint density at radius 1 is 1.16 bits per heavy atom. The summed E-state index contributed by atoms with van der Waals surface area (Å²) in [7, 11) is 0.